The highest BCUT2D eigenvalue weighted by Gasteiger charge is 2.03. The van der Waals surface area contributed by atoms with Crippen LogP contribution in [0.3, 0.4) is 0 Å². The molecule has 0 amide bonds. The summed E-state index contributed by atoms with van der Waals surface area (Å²) in [7, 11) is 1.69. The molecule has 0 radical (unpaired) electrons. The van der Waals surface area contributed by atoms with E-state index in [1.165, 1.54) is 0 Å². The predicted octanol–water partition coefficient (Wildman–Crippen LogP) is 2.91. The van der Waals surface area contributed by atoms with E-state index >= 15 is 0 Å². The Bertz CT molecular complexity index is 387. The quantitative estimate of drug-likeness (QED) is 0.858. The SMILES string of the molecule is COCC(C)CNc1ccc(C#N)c(Cl)c1. The van der Waals surface area contributed by atoms with Gasteiger partial charge in [-0.1, -0.05) is 18.5 Å². The number of rotatable bonds is 5. The lowest BCUT2D eigenvalue weighted by molar-refractivity contribution is 0.164. The summed E-state index contributed by atoms with van der Waals surface area (Å²) >= 11 is 5.92. The Morgan fingerprint density at radius 3 is 2.88 bits per heavy atom. The molecule has 1 rings (SSSR count). The molecular weight excluding hydrogens is 224 g/mol. The van der Waals surface area contributed by atoms with E-state index in [1.54, 1.807) is 19.2 Å². The molecule has 0 fully saturated rings. The fourth-order valence-corrected chi connectivity index (χ4v) is 1.57. The molecule has 0 aromatic heterocycles. The van der Waals surface area contributed by atoms with Crippen LogP contribution in [0.1, 0.15) is 12.5 Å². The molecule has 0 saturated carbocycles. The molecule has 3 nitrogen and oxygen atoms in total. The van der Waals surface area contributed by atoms with Crippen molar-refractivity contribution >= 4 is 17.3 Å². The van der Waals surface area contributed by atoms with Gasteiger partial charge in [0.25, 0.3) is 0 Å². The number of nitriles is 1. The van der Waals surface area contributed by atoms with Crippen molar-refractivity contribution in [2.75, 3.05) is 25.6 Å². The molecule has 1 aromatic rings. The number of hydrogen-bond donors (Lipinski definition) is 1. The molecule has 0 aliphatic rings. The second kappa shape index (κ2) is 6.37. The first kappa shape index (κ1) is 12.8. The first-order valence-electron chi connectivity index (χ1n) is 5.09. The van der Waals surface area contributed by atoms with Crippen molar-refractivity contribution in [3.63, 3.8) is 0 Å². The number of methoxy groups -OCH3 is 1. The van der Waals surface area contributed by atoms with Crippen LogP contribution in [0, 0.1) is 17.2 Å². The van der Waals surface area contributed by atoms with E-state index in [-0.39, 0.29) is 0 Å². The maximum atomic E-state index is 8.73. The van der Waals surface area contributed by atoms with Crippen LogP contribution < -0.4 is 5.32 Å². The maximum Gasteiger partial charge on any atom is 0.101 e. The number of benzene rings is 1. The molecule has 16 heavy (non-hydrogen) atoms. The van der Waals surface area contributed by atoms with Crippen molar-refractivity contribution in [1.29, 1.82) is 5.26 Å². The van der Waals surface area contributed by atoms with E-state index in [0.717, 1.165) is 18.8 Å². The maximum absolute atomic E-state index is 8.73. The van der Waals surface area contributed by atoms with Gasteiger partial charge < -0.3 is 10.1 Å². The van der Waals surface area contributed by atoms with Crippen LogP contribution in [0.4, 0.5) is 5.69 Å². The average molecular weight is 239 g/mol. The fourth-order valence-electron chi connectivity index (χ4n) is 1.35. The molecule has 1 unspecified atom stereocenters. The van der Waals surface area contributed by atoms with Gasteiger partial charge in [-0.3, -0.25) is 0 Å². The van der Waals surface area contributed by atoms with Crippen molar-refractivity contribution in [2.24, 2.45) is 5.92 Å². The first-order valence-corrected chi connectivity index (χ1v) is 5.47. The highest BCUT2D eigenvalue weighted by molar-refractivity contribution is 6.32. The monoisotopic (exact) mass is 238 g/mol. The molecule has 0 saturated heterocycles. The Labute approximate surface area is 101 Å². The standard InChI is InChI=1S/C12H15ClN2O/c1-9(8-16-2)7-15-11-4-3-10(6-14)12(13)5-11/h3-5,9,15H,7-8H2,1-2H3. The van der Waals surface area contributed by atoms with Gasteiger partial charge in [-0.2, -0.15) is 5.26 Å². The number of halogens is 1. The van der Waals surface area contributed by atoms with Gasteiger partial charge in [0, 0.05) is 19.3 Å². The van der Waals surface area contributed by atoms with Gasteiger partial charge in [-0.05, 0) is 24.1 Å². The summed E-state index contributed by atoms with van der Waals surface area (Å²) in [5.74, 6) is 0.430. The molecule has 4 heteroatoms. The van der Waals surface area contributed by atoms with Crippen molar-refractivity contribution in [3.8, 4) is 6.07 Å². The molecule has 1 atom stereocenters. The van der Waals surface area contributed by atoms with Crippen molar-refractivity contribution in [1.82, 2.24) is 0 Å². The second-order valence-electron chi connectivity index (χ2n) is 3.75. The minimum Gasteiger partial charge on any atom is -0.385 e. The van der Waals surface area contributed by atoms with Crippen LogP contribution in [0.15, 0.2) is 18.2 Å². The van der Waals surface area contributed by atoms with Crippen LogP contribution in [0.5, 0.6) is 0 Å². The summed E-state index contributed by atoms with van der Waals surface area (Å²) < 4.78 is 5.04. The predicted molar refractivity (Wildman–Crippen MR) is 65.7 cm³/mol. The molecule has 0 aliphatic carbocycles. The number of ether oxygens (including phenoxy) is 1. The average Bonchev–Trinajstić information content (AvgIpc) is 2.27. The van der Waals surface area contributed by atoms with E-state index in [2.05, 4.69) is 12.2 Å². The summed E-state index contributed by atoms with van der Waals surface area (Å²) in [4.78, 5) is 0. The van der Waals surface area contributed by atoms with E-state index in [0.29, 0.717) is 16.5 Å². The molecule has 86 valence electrons. The smallest absolute Gasteiger partial charge is 0.101 e. The zero-order chi connectivity index (χ0) is 12.0. The Kier molecular flexibility index (Phi) is 5.10. The van der Waals surface area contributed by atoms with Crippen LogP contribution in [0.25, 0.3) is 0 Å². The lowest BCUT2D eigenvalue weighted by Gasteiger charge is -2.12. The number of anilines is 1. The van der Waals surface area contributed by atoms with Gasteiger partial charge in [0.15, 0.2) is 0 Å². The van der Waals surface area contributed by atoms with E-state index in [4.69, 9.17) is 21.6 Å². The molecule has 0 spiro atoms. The molecular formula is C12H15ClN2O. The van der Waals surface area contributed by atoms with Crippen LogP contribution >= 0.6 is 11.6 Å². The van der Waals surface area contributed by atoms with Crippen LogP contribution in [-0.2, 0) is 4.74 Å². The third-order valence-corrected chi connectivity index (χ3v) is 2.51. The molecule has 0 bridgehead atoms. The van der Waals surface area contributed by atoms with Crippen molar-refractivity contribution < 1.29 is 4.74 Å². The minimum atomic E-state index is 0.430. The zero-order valence-corrected chi connectivity index (χ0v) is 10.2. The normalized spacial score (nSPS) is 11.9. The van der Waals surface area contributed by atoms with Gasteiger partial charge in [0.2, 0.25) is 0 Å². The van der Waals surface area contributed by atoms with Gasteiger partial charge in [-0.15, -0.1) is 0 Å². The summed E-state index contributed by atoms with van der Waals surface area (Å²) in [6.07, 6.45) is 0. The summed E-state index contributed by atoms with van der Waals surface area (Å²) in [5.41, 5.74) is 1.42. The number of nitrogens with zero attached hydrogens (tertiary/aromatic N) is 1. The van der Waals surface area contributed by atoms with E-state index in [9.17, 15) is 0 Å². The van der Waals surface area contributed by atoms with Crippen LogP contribution in [-0.4, -0.2) is 20.3 Å². The zero-order valence-electron chi connectivity index (χ0n) is 9.46. The molecule has 0 heterocycles. The third-order valence-electron chi connectivity index (χ3n) is 2.20. The second-order valence-corrected chi connectivity index (χ2v) is 4.16. The summed E-state index contributed by atoms with van der Waals surface area (Å²) in [6.45, 7) is 3.63. The number of nitrogens with one attached hydrogen (secondary N) is 1. The van der Waals surface area contributed by atoms with E-state index < -0.39 is 0 Å². The van der Waals surface area contributed by atoms with Crippen molar-refractivity contribution in [2.45, 2.75) is 6.92 Å². The molecule has 1 N–H and O–H groups in total. The van der Waals surface area contributed by atoms with Gasteiger partial charge in [0.05, 0.1) is 17.2 Å². The largest absolute Gasteiger partial charge is 0.385 e. The molecule has 1 aromatic carbocycles. The topological polar surface area (TPSA) is 45.0 Å². The Morgan fingerprint density at radius 1 is 1.56 bits per heavy atom. The van der Waals surface area contributed by atoms with E-state index in [1.807, 2.05) is 12.1 Å². The third kappa shape index (κ3) is 3.73. The highest BCUT2D eigenvalue weighted by Crippen LogP contribution is 2.20. The lowest BCUT2D eigenvalue weighted by atomic mass is 10.2. The fraction of sp³-hybridized carbons (Fsp3) is 0.417. The number of hydrogen-bond acceptors (Lipinski definition) is 3. The lowest BCUT2D eigenvalue weighted by Crippen LogP contribution is -2.15. The van der Waals surface area contributed by atoms with Gasteiger partial charge in [0.1, 0.15) is 6.07 Å². The highest BCUT2D eigenvalue weighted by atomic mass is 35.5. The van der Waals surface area contributed by atoms with Gasteiger partial charge in [-0.25, -0.2) is 0 Å². The van der Waals surface area contributed by atoms with Gasteiger partial charge >= 0.3 is 0 Å². The minimum absolute atomic E-state index is 0.430. The summed E-state index contributed by atoms with van der Waals surface area (Å²) in [6, 6.07) is 7.36. The Morgan fingerprint density at radius 2 is 2.31 bits per heavy atom. The Hall–Kier alpha value is -1.24. The Balaban J connectivity index is 2.56. The first-order chi connectivity index (χ1) is 7.67. The molecule has 0 aliphatic heterocycles. The van der Waals surface area contributed by atoms with Crippen molar-refractivity contribution in [3.05, 3.63) is 28.8 Å². The van der Waals surface area contributed by atoms with Crippen LogP contribution in [0.2, 0.25) is 5.02 Å². The summed E-state index contributed by atoms with van der Waals surface area (Å²) in [5, 5.41) is 12.5.